The van der Waals surface area contributed by atoms with Gasteiger partial charge in [-0.05, 0) is 15.9 Å². The topological polar surface area (TPSA) is 67.8 Å². The lowest BCUT2D eigenvalue weighted by molar-refractivity contribution is 0.0259. The Morgan fingerprint density at radius 3 is 2.62 bits per heavy atom. The van der Waals surface area contributed by atoms with E-state index in [2.05, 4.69) is 21.6 Å². The van der Waals surface area contributed by atoms with Crippen LogP contribution in [0.15, 0.2) is 16.6 Å². The minimum absolute atomic E-state index is 0.131. The molecule has 1 aromatic rings. The maximum absolute atomic E-state index is 10.7. The van der Waals surface area contributed by atoms with Crippen LogP contribution in [-0.4, -0.2) is 11.1 Å². The Balaban J connectivity index is 2.55. The number of hydrogen-bond donors (Lipinski definition) is 2. The largest absolute Gasteiger partial charge is 0.478 e. The second kappa shape index (κ2) is 2.90. The number of carboxylic acid groups (broad SMARTS) is 1. The van der Waals surface area contributed by atoms with Gasteiger partial charge in [-0.1, -0.05) is 0 Å². The predicted molar refractivity (Wildman–Crippen MR) is 45.5 cm³/mol. The van der Waals surface area contributed by atoms with Gasteiger partial charge >= 0.3 is 5.97 Å². The molecule has 0 spiro atoms. The van der Waals surface area contributed by atoms with Gasteiger partial charge in [0.15, 0.2) is 11.5 Å². The first-order valence-corrected chi connectivity index (χ1v) is 4.13. The van der Waals surface area contributed by atoms with Crippen LogP contribution in [0.2, 0.25) is 0 Å². The quantitative estimate of drug-likeness (QED) is 0.782. The molecule has 68 valence electrons. The molecule has 6 heteroatoms. The van der Waals surface area contributed by atoms with Gasteiger partial charge in [0, 0.05) is 22.2 Å². The van der Waals surface area contributed by atoms with Crippen molar-refractivity contribution in [2.45, 2.75) is 0 Å². The van der Waals surface area contributed by atoms with Crippen LogP contribution in [0.5, 0.6) is 11.5 Å². The van der Waals surface area contributed by atoms with Crippen molar-refractivity contribution < 1.29 is 19.6 Å². The van der Waals surface area contributed by atoms with Crippen LogP contribution in [0, 0.1) is 0 Å². The molecular weight excluding hydrogens is 242 g/mol. The summed E-state index contributed by atoms with van der Waals surface area (Å²) in [5, 5.41) is 8.75. The van der Waals surface area contributed by atoms with E-state index in [0.29, 0.717) is 16.0 Å². The summed E-state index contributed by atoms with van der Waals surface area (Å²) in [6.45, 7) is 0. The summed E-state index contributed by atoms with van der Waals surface area (Å²) in [4.78, 5) is 20.3. The fourth-order valence-electron chi connectivity index (χ4n) is 0.969. The van der Waals surface area contributed by atoms with E-state index in [1.165, 1.54) is 12.1 Å². The third kappa shape index (κ3) is 1.34. The smallest absolute Gasteiger partial charge is 0.336 e. The summed E-state index contributed by atoms with van der Waals surface area (Å²) in [6, 6.07) is 2.90. The molecule has 1 aliphatic heterocycles. The van der Waals surface area contributed by atoms with Crippen LogP contribution in [-0.2, 0) is 0 Å². The van der Waals surface area contributed by atoms with Crippen molar-refractivity contribution >= 4 is 21.9 Å². The van der Waals surface area contributed by atoms with Crippen LogP contribution in [0.1, 0.15) is 10.4 Å². The van der Waals surface area contributed by atoms with Crippen LogP contribution in [0.25, 0.3) is 0 Å². The van der Waals surface area contributed by atoms with E-state index in [1.54, 1.807) is 0 Å². The van der Waals surface area contributed by atoms with Crippen LogP contribution < -0.4 is 15.3 Å². The van der Waals surface area contributed by atoms with E-state index in [1.807, 2.05) is 0 Å². The molecule has 0 saturated heterocycles. The van der Waals surface area contributed by atoms with Crippen molar-refractivity contribution in [1.29, 1.82) is 0 Å². The zero-order chi connectivity index (χ0) is 9.42. The molecule has 1 heterocycles. The number of carboxylic acids is 1. The Labute approximate surface area is 81.3 Å². The van der Waals surface area contributed by atoms with Gasteiger partial charge in [0.2, 0.25) is 0 Å². The highest BCUT2D eigenvalue weighted by Crippen LogP contribution is 2.35. The maximum Gasteiger partial charge on any atom is 0.336 e. The van der Waals surface area contributed by atoms with E-state index in [9.17, 15) is 4.79 Å². The van der Waals surface area contributed by atoms with Crippen molar-refractivity contribution in [2.24, 2.45) is 0 Å². The van der Waals surface area contributed by atoms with Gasteiger partial charge < -0.3 is 14.8 Å². The van der Waals surface area contributed by atoms with Gasteiger partial charge in [-0.15, -0.1) is 0 Å². The monoisotopic (exact) mass is 245 g/mol. The van der Waals surface area contributed by atoms with Crippen molar-refractivity contribution in [3.05, 3.63) is 22.2 Å². The third-order valence-corrected chi connectivity index (χ3v) is 2.22. The van der Waals surface area contributed by atoms with E-state index < -0.39 is 5.97 Å². The van der Waals surface area contributed by atoms with Crippen molar-refractivity contribution in [1.82, 2.24) is 5.64 Å². The van der Waals surface area contributed by atoms with Gasteiger partial charge in [-0.3, -0.25) is 0 Å². The maximum atomic E-state index is 10.7. The zero-order valence-electron chi connectivity index (χ0n) is 6.20. The SMILES string of the molecule is O=C(O)c1cc2c(cc1Br)ONO2. The number of nitrogens with one attached hydrogen (secondary N) is 1. The molecule has 0 unspecified atom stereocenters. The first-order chi connectivity index (χ1) is 6.18. The van der Waals surface area contributed by atoms with Crippen LogP contribution in [0.3, 0.4) is 0 Å². The summed E-state index contributed by atoms with van der Waals surface area (Å²) < 4.78 is 0.450. The lowest BCUT2D eigenvalue weighted by Crippen LogP contribution is -2.14. The highest BCUT2D eigenvalue weighted by atomic mass is 79.9. The van der Waals surface area contributed by atoms with Crippen LogP contribution in [0.4, 0.5) is 0 Å². The van der Waals surface area contributed by atoms with E-state index in [-0.39, 0.29) is 5.56 Å². The molecule has 5 nitrogen and oxygen atoms in total. The number of rotatable bonds is 1. The zero-order valence-corrected chi connectivity index (χ0v) is 7.79. The average molecular weight is 246 g/mol. The van der Waals surface area contributed by atoms with Gasteiger partial charge in [0.05, 0.1) is 5.56 Å². The Bertz CT molecular complexity index is 379. The molecule has 0 fully saturated rings. The molecule has 0 aromatic heterocycles. The van der Waals surface area contributed by atoms with Gasteiger partial charge in [0.1, 0.15) is 0 Å². The fraction of sp³-hybridized carbons (Fsp3) is 0. The number of carbonyl (C=O) groups is 1. The second-order valence-corrected chi connectivity index (χ2v) is 3.23. The Kier molecular flexibility index (Phi) is 1.86. The van der Waals surface area contributed by atoms with Gasteiger partial charge in [0.25, 0.3) is 0 Å². The lowest BCUT2D eigenvalue weighted by Gasteiger charge is -1.99. The molecule has 2 N–H and O–H groups in total. The number of aromatic carboxylic acids is 1. The lowest BCUT2D eigenvalue weighted by atomic mass is 10.2. The molecule has 0 aliphatic carbocycles. The van der Waals surface area contributed by atoms with Crippen molar-refractivity contribution in [3.63, 3.8) is 0 Å². The second-order valence-electron chi connectivity index (χ2n) is 2.37. The van der Waals surface area contributed by atoms with Gasteiger partial charge in [-0.25, -0.2) is 4.79 Å². The van der Waals surface area contributed by atoms with E-state index in [4.69, 9.17) is 14.8 Å². The molecule has 0 amide bonds. The number of hydrogen-bond acceptors (Lipinski definition) is 4. The first-order valence-electron chi connectivity index (χ1n) is 3.34. The number of halogens is 1. The average Bonchev–Trinajstić information content (AvgIpc) is 2.48. The molecule has 0 saturated carbocycles. The fourth-order valence-corrected chi connectivity index (χ4v) is 1.46. The first kappa shape index (κ1) is 8.33. The van der Waals surface area contributed by atoms with E-state index >= 15 is 0 Å². The Hall–Kier alpha value is -1.27. The van der Waals surface area contributed by atoms with Crippen molar-refractivity contribution in [2.75, 3.05) is 0 Å². The molecule has 0 radical (unpaired) electrons. The molecule has 2 rings (SSSR count). The van der Waals surface area contributed by atoms with Gasteiger partial charge in [-0.2, -0.15) is 0 Å². The number of fused-ring (bicyclic) bond motifs is 1. The third-order valence-electron chi connectivity index (χ3n) is 1.57. The molecule has 0 bridgehead atoms. The predicted octanol–water partition coefficient (Wildman–Crippen LogP) is 1.34. The number of benzene rings is 1. The minimum Gasteiger partial charge on any atom is -0.478 e. The molecule has 0 atom stereocenters. The molecule has 1 aromatic carbocycles. The summed E-state index contributed by atoms with van der Waals surface area (Å²) >= 11 is 3.11. The highest BCUT2D eigenvalue weighted by molar-refractivity contribution is 9.10. The molecule has 13 heavy (non-hydrogen) atoms. The standard InChI is InChI=1S/C7H4BrNO4/c8-4-2-6-5(12-9-13-6)1-3(4)7(10)11/h1-2,9H,(H,10,11). The summed E-state index contributed by atoms with van der Waals surface area (Å²) in [5.74, 6) is -0.206. The molecule has 1 aliphatic rings. The van der Waals surface area contributed by atoms with Crippen LogP contribution >= 0.6 is 15.9 Å². The Morgan fingerprint density at radius 1 is 1.38 bits per heavy atom. The van der Waals surface area contributed by atoms with E-state index in [0.717, 1.165) is 0 Å². The summed E-state index contributed by atoms with van der Waals surface area (Å²) in [6.07, 6.45) is 0. The normalized spacial score (nSPS) is 13.0. The summed E-state index contributed by atoms with van der Waals surface area (Å²) in [5.41, 5.74) is 2.30. The Morgan fingerprint density at radius 2 is 2.00 bits per heavy atom. The summed E-state index contributed by atoms with van der Waals surface area (Å²) in [7, 11) is 0. The van der Waals surface area contributed by atoms with Crippen molar-refractivity contribution in [3.8, 4) is 11.5 Å². The molecular formula is C7H4BrNO4. The highest BCUT2D eigenvalue weighted by Gasteiger charge is 2.19. The minimum atomic E-state index is -1.02.